The predicted octanol–water partition coefficient (Wildman–Crippen LogP) is 2.36. The molecule has 1 saturated heterocycles. The first-order chi connectivity index (χ1) is 9.72. The van der Waals surface area contributed by atoms with Gasteiger partial charge >= 0.3 is 0 Å². The molecule has 20 heavy (non-hydrogen) atoms. The lowest BCUT2D eigenvalue weighted by molar-refractivity contribution is 0.540. The molecule has 2 N–H and O–H groups in total. The fourth-order valence-corrected chi connectivity index (χ4v) is 2.89. The fraction of sp³-hybridized carbons (Fsp3) is 0.714. The summed E-state index contributed by atoms with van der Waals surface area (Å²) >= 11 is 3.39. The number of unbranched alkanes of at least 4 members (excludes halogenated alkanes) is 1. The van der Waals surface area contributed by atoms with Gasteiger partial charge in [0.05, 0.1) is 11.9 Å². The maximum absolute atomic E-state index is 12.1. The smallest absolute Gasteiger partial charge is 0.283 e. The summed E-state index contributed by atoms with van der Waals surface area (Å²) < 4.78 is 2.11. The zero-order valence-electron chi connectivity index (χ0n) is 12.0. The van der Waals surface area contributed by atoms with Gasteiger partial charge in [-0.05, 0) is 48.2 Å². The van der Waals surface area contributed by atoms with Gasteiger partial charge in [0.25, 0.3) is 5.56 Å². The lowest BCUT2D eigenvalue weighted by Gasteiger charge is -2.13. The lowest BCUT2D eigenvalue weighted by Crippen LogP contribution is -2.26. The van der Waals surface area contributed by atoms with Crippen molar-refractivity contribution in [1.82, 2.24) is 15.1 Å². The van der Waals surface area contributed by atoms with Crippen LogP contribution in [0.4, 0.5) is 5.69 Å². The van der Waals surface area contributed by atoms with Gasteiger partial charge in [-0.15, -0.1) is 0 Å². The quantitative estimate of drug-likeness (QED) is 0.798. The number of anilines is 1. The summed E-state index contributed by atoms with van der Waals surface area (Å²) in [6.07, 6.45) is 7.36. The molecule has 0 spiro atoms. The van der Waals surface area contributed by atoms with E-state index in [1.807, 2.05) is 0 Å². The van der Waals surface area contributed by atoms with Crippen LogP contribution < -0.4 is 16.2 Å². The second-order valence-corrected chi connectivity index (χ2v) is 6.06. The zero-order chi connectivity index (χ0) is 14.4. The summed E-state index contributed by atoms with van der Waals surface area (Å²) in [5.74, 6) is 0. The summed E-state index contributed by atoms with van der Waals surface area (Å²) in [5.41, 5.74) is 0.739. The predicted molar refractivity (Wildman–Crippen MR) is 85.2 cm³/mol. The fourth-order valence-electron chi connectivity index (χ4n) is 2.44. The molecule has 0 amide bonds. The van der Waals surface area contributed by atoms with E-state index in [1.165, 1.54) is 17.5 Å². The molecule has 0 unspecified atom stereocenters. The molecular weight excluding hydrogens is 320 g/mol. The third-order valence-corrected chi connectivity index (χ3v) is 4.45. The van der Waals surface area contributed by atoms with Crippen molar-refractivity contribution in [2.24, 2.45) is 0 Å². The minimum absolute atomic E-state index is 0.0533. The van der Waals surface area contributed by atoms with E-state index in [0.29, 0.717) is 17.1 Å². The van der Waals surface area contributed by atoms with E-state index in [0.717, 1.165) is 38.0 Å². The molecule has 2 heterocycles. The van der Waals surface area contributed by atoms with E-state index in [-0.39, 0.29) is 5.56 Å². The van der Waals surface area contributed by atoms with Crippen LogP contribution >= 0.6 is 15.9 Å². The third kappa shape index (κ3) is 4.06. The van der Waals surface area contributed by atoms with Gasteiger partial charge in [0, 0.05) is 19.1 Å². The summed E-state index contributed by atoms with van der Waals surface area (Å²) in [7, 11) is 0. The molecule has 1 atom stereocenters. The Kier molecular flexibility index (Phi) is 6.04. The van der Waals surface area contributed by atoms with Crippen LogP contribution in [-0.4, -0.2) is 28.9 Å². The van der Waals surface area contributed by atoms with Gasteiger partial charge < -0.3 is 10.6 Å². The summed E-state index contributed by atoms with van der Waals surface area (Å²) in [4.78, 5) is 12.1. The molecule has 0 aliphatic carbocycles. The number of halogens is 1. The van der Waals surface area contributed by atoms with Crippen LogP contribution in [0.2, 0.25) is 0 Å². The third-order valence-electron chi connectivity index (χ3n) is 3.68. The number of rotatable bonds is 7. The first-order valence-corrected chi connectivity index (χ1v) is 8.24. The van der Waals surface area contributed by atoms with Gasteiger partial charge in [0.1, 0.15) is 4.47 Å². The highest BCUT2D eigenvalue weighted by Crippen LogP contribution is 2.17. The normalized spacial score (nSPS) is 18.4. The molecular formula is C14H23BrN4O. The Bertz CT molecular complexity index is 483. The van der Waals surface area contributed by atoms with Crippen LogP contribution in [-0.2, 0) is 6.54 Å². The maximum atomic E-state index is 12.1. The monoisotopic (exact) mass is 342 g/mol. The van der Waals surface area contributed by atoms with Crippen molar-refractivity contribution in [2.45, 2.75) is 51.6 Å². The van der Waals surface area contributed by atoms with E-state index in [2.05, 4.69) is 38.6 Å². The highest BCUT2D eigenvalue weighted by Gasteiger charge is 2.14. The van der Waals surface area contributed by atoms with Crippen molar-refractivity contribution < 1.29 is 0 Å². The molecule has 1 fully saturated rings. The van der Waals surface area contributed by atoms with Crippen LogP contribution in [0, 0.1) is 0 Å². The Labute approximate surface area is 128 Å². The Hall–Kier alpha value is -0.880. The van der Waals surface area contributed by atoms with Crippen LogP contribution in [0.5, 0.6) is 0 Å². The maximum Gasteiger partial charge on any atom is 0.283 e. The molecule has 1 aliphatic rings. The minimum Gasteiger partial charge on any atom is -0.383 e. The van der Waals surface area contributed by atoms with Crippen LogP contribution in [0.3, 0.4) is 0 Å². The Balaban J connectivity index is 1.91. The number of aryl methyl sites for hydroxylation is 1. The Morgan fingerprint density at radius 2 is 2.45 bits per heavy atom. The lowest BCUT2D eigenvalue weighted by atomic mass is 10.1. The van der Waals surface area contributed by atoms with Gasteiger partial charge in [-0.25, -0.2) is 4.68 Å². The van der Waals surface area contributed by atoms with Crippen molar-refractivity contribution in [3.05, 3.63) is 21.0 Å². The van der Waals surface area contributed by atoms with E-state index in [4.69, 9.17) is 0 Å². The Morgan fingerprint density at radius 1 is 1.60 bits per heavy atom. The molecule has 0 aromatic carbocycles. The summed E-state index contributed by atoms with van der Waals surface area (Å²) in [6.45, 7) is 4.77. The number of nitrogens with zero attached hydrogens (tertiary/aromatic N) is 2. The standard InChI is InChI=1S/C14H23BrN4O/c1-2-3-9-19-14(20)13(15)12(10-18-19)17-8-6-11-5-4-7-16-11/h10-11,16-17H,2-9H2,1H3/t11-/m1/s1. The van der Waals surface area contributed by atoms with Gasteiger partial charge in [-0.3, -0.25) is 4.79 Å². The first-order valence-electron chi connectivity index (χ1n) is 7.45. The summed E-state index contributed by atoms with van der Waals surface area (Å²) in [5, 5.41) is 11.0. The van der Waals surface area contributed by atoms with E-state index >= 15 is 0 Å². The molecule has 0 bridgehead atoms. The molecule has 1 aliphatic heterocycles. The van der Waals surface area contributed by atoms with E-state index < -0.39 is 0 Å². The molecule has 6 heteroatoms. The first kappa shape index (κ1) is 15.5. The molecule has 0 radical (unpaired) electrons. The SMILES string of the molecule is CCCCn1ncc(NCC[C@H]2CCCN2)c(Br)c1=O. The van der Waals surface area contributed by atoms with Gasteiger partial charge in [-0.2, -0.15) is 5.10 Å². The van der Waals surface area contributed by atoms with Crippen molar-refractivity contribution >= 4 is 21.6 Å². The van der Waals surface area contributed by atoms with Gasteiger partial charge in [0.15, 0.2) is 0 Å². The summed E-state index contributed by atoms with van der Waals surface area (Å²) in [6, 6.07) is 0.610. The van der Waals surface area contributed by atoms with Gasteiger partial charge in [0.2, 0.25) is 0 Å². The minimum atomic E-state index is -0.0533. The van der Waals surface area contributed by atoms with Crippen molar-refractivity contribution in [3.8, 4) is 0 Å². The number of hydrogen-bond acceptors (Lipinski definition) is 4. The van der Waals surface area contributed by atoms with Crippen LogP contribution in [0.15, 0.2) is 15.5 Å². The average Bonchev–Trinajstić information content (AvgIpc) is 2.96. The van der Waals surface area contributed by atoms with E-state index in [1.54, 1.807) is 6.20 Å². The van der Waals surface area contributed by atoms with Crippen LogP contribution in [0.1, 0.15) is 39.0 Å². The molecule has 1 aromatic rings. The second-order valence-electron chi connectivity index (χ2n) is 5.26. The highest BCUT2D eigenvalue weighted by molar-refractivity contribution is 9.10. The molecule has 2 rings (SSSR count). The second kappa shape index (κ2) is 7.78. The highest BCUT2D eigenvalue weighted by atomic mass is 79.9. The number of nitrogens with one attached hydrogen (secondary N) is 2. The molecule has 0 saturated carbocycles. The topological polar surface area (TPSA) is 59.0 Å². The number of aromatic nitrogens is 2. The molecule has 5 nitrogen and oxygen atoms in total. The molecule has 112 valence electrons. The van der Waals surface area contributed by atoms with Gasteiger partial charge in [-0.1, -0.05) is 13.3 Å². The largest absolute Gasteiger partial charge is 0.383 e. The Morgan fingerprint density at radius 3 is 3.15 bits per heavy atom. The van der Waals surface area contributed by atoms with Crippen molar-refractivity contribution in [2.75, 3.05) is 18.4 Å². The zero-order valence-corrected chi connectivity index (χ0v) is 13.6. The van der Waals surface area contributed by atoms with Crippen molar-refractivity contribution in [3.63, 3.8) is 0 Å². The van der Waals surface area contributed by atoms with Crippen LogP contribution in [0.25, 0.3) is 0 Å². The average molecular weight is 343 g/mol. The number of hydrogen-bond donors (Lipinski definition) is 2. The molecule has 1 aromatic heterocycles. The van der Waals surface area contributed by atoms with Crippen molar-refractivity contribution in [1.29, 1.82) is 0 Å². The van der Waals surface area contributed by atoms with E-state index in [9.17, 15) is 4.79 Å².